The molecule has 0 atom stereocenters. The second kappa shape index (κ2) is 4.47. The third-order valence-corrected chi connectivity index (χ3v) is 2.80. The van der Waals surface area contributed by atoms with E-state index in [1.54, 1.807) is 0 Å². The number of para-hydroxylation sites is 1. The Morgan fingerprint density at radius 1 is 1.29 bits per heavy atom. The zero-order valence-electron chi connectivity index (χ0n) is 8.50. The number of anilines is 1. The smallest absolute Gasteiger partial charge is 0.0359 e. The molecule has 1 aromatic carbocycles. The average Bonchev–Trinajstić information content (AvgIpc) is 2.99. The minimum absolute atomic E-state index is 0.895. The molecule has 0 bridgehead atoms. The Labute approximate surface area is 85.5 Å². The molecule has 76 valence electrons. The van der Waals surface area contributed by atoms with Crippen LogP contribution in [0.15, 0.2) is 24.3 Å². The lowest BCUT2D eigenvalue weighted by atomic mass is 10.2. The largest absolute Gasteiger partial charge is 0.398 e. The molecule has 0 unspecified atom stereocenters. The molecule has 0 saturated heterocycles. The van der Waals surface area contributed by atoms with Crippen molar-refractivity contribution in [3.8, 4) is 0 Å². The van der Waals surface area contributed by atoms with Gasteiger partial charge in [-0.05, 0) is 30.5 Å². The van der Waals surface area contributed by atoms with Gasteiger partial charge in [-0.2, -0.15) is 0 Å². The highest BCUT2D eigenvalue weighted by atomic mass is 14.9. The fourth-order valence-corrected chi connectivity index (χ4v) is 1.63. The second-order valence-electron chi connectivity index (χ2n) is 4.11. The summed E-state index contributed by atoms with van der Waals surface area (Å²) in [4.78, 5) is 0. The van der Waals surface area contributed by atoms with Gasteiger partial charge in [0, 0.05) is 12.2 Å². The summed E-state index contributed by atoms with van der Waals surface area (Å²) in [6.45, 7) is 2.03. The van der Waals surface area contributed by atoms with Crippen LogP contribution in [0.3, 0.4) is 0 Å². The topological polar surface area (TPSA) is 38.0 Å². The third-order valence-electron chi connectivity index (χ3n) is 2.80. The number of rotatable bonds is 5. The number of hydrogen-bond donors (Lipinski definition) is 2. The lowest BCUT2D eigenvalue weighted by Crippen LogP contribution is -2.16. The molecule has 2 rings (SSSR count). The molecule has 1 fully saturated rings. The highest BCUT2D eigenvalue weighted by Crippen LogP contribution is 2.31. The van der Waals surface area contributed by atoms with E-state index >= 15 is 0 Å². The van der Waals surface area contributed by atoms with Gasteiger partial charge in [0.1, 0.15) is 0 Å². The van der Waals surface area contributed by atoms with Gasteiger partial charge in [-0.1, -0.05) is 31.0 Å². The van der Waals surface area contributed by atoms with Gasteiger partial charge in [-0.25, -0.2) is 0 Å². The van der Waals surface area contributed by atoms with Crippen LogP contribution in [0.4, 0.5) is 5.69 Å². The van der Waals surface area contributed by atoms with E-state index in [-0.39, 0.29) is 0 Å². The predicted molar refractivity (Wildman–Crippen MR) is 59.9 cm³/mol. The van der Waals surface area contributed by atoms with Crippen molar-refractivity contribution < 1.29 is 0 Å². The van der Waals surface area contributed by atoms with Crippen molar-refractivity contribution in [3.63, 3.8) is 0 Å². The van der Waals surface area contributed by atoms with Gasteiger partial charge in [0.15, 0.2) is 0 Å². The summed E-state index contributed by atoms with van der Waals surface area (Å²) in [5.41, 5.74) is 7.94. The first-order valence-electron chi connectivity index (χ1n) is 5.40. The van der Waals surface area contributed by atoms with E-state index in [0.29, 0.717) is 0 Å². The molecule has 0 aromatic heterocycles. The van der Waals surface area contributed by atoms with Crippen molar-refractivity contribution in [2.24, 2.45) is 5.92 Å². The number of nitrogens with two attached hydrogens (primary N) is 1. The molecule has 0 spiro atoms. The summed E-state index contributed by atoms with van der Waals surface area (Å²) < 4.78 is 0. The van der Waals surface area contributed by atoms with E-state index in [2.05, 4.69) is 11.4 Å². The van der Waals surface area contributed by atoms with E-state index < -0.39 is 0 Å². The van der Waals surface area contributed by atoms with Crippen molar-refractivity contribution in [1.29, 1.82) is 0 Å². The maximum absolute atomic E-state index is 5.83. The Bertz CT molecular complexity index is 292. The van der Waals surface area contributed by atoms with E-state index in [9.17, 15) is 0 Å². The van der Waals surface area contributed by atoms with Gasteiger partial charge in [0.05, 0.1) is 0 Å². The second-order valence-corrected chi connectivity index (χ2v) is 4.11. The van der Waals surface area contributed by atoms with Crippen LogP contribution in [0.1, 0.15) is 24.8 Å². The first-order valence-corrected chi connectivity index (χ1v) is 5.40. The van der Waals surface area contributed by atoms with Crippen LogP contribution in [0, 0.1) is 5.92 Å². The molecule has 2 heteroatoms. The molecule has 0 amide bonds. The summed E-state index contributed by atoms with van der Waals surface area (Å²) in [5.74, 6) is 1.01. The van der Waals surface area contributed by atoms with Crippen molar-refractivity contribution >= 4 is 5.69 Å². The van der Waals surface area contributed by atoms with Gasteiger partial charge >= 0.3 is 0 Å². The molecule has 2 nitrogen and oxygen atoms in total. The summed E-state index contributed by atoms with van der Waals surface area (Å²) >= 11 is 0. The van der Waals surface area contributed by atoms with Crippen LogP contribution < -0.4 is 11.1 Å². The highest BCUT2D eigenvalue weighted by molar-refractivity contribution is 5.46. The third kappa shape index (κ3) is 2.74. The first kappa shape index (κ1) is 9.53. The summed E-state index contributed by atoms with van der Waals surface area (Å²) in [7, 11) is 0. The molecule has 0 radical (unpaired) electrons. The standard InChI is InChI=1S/C12H18N2/c13-12-4-2-1-3-11(12)9-14-8-7-10-5-6-10/h1-4,10,14H,5-9,13H2. The molecule has 14 heavy (non-hydrogen) atoms. The molecule has 3 N–H and O–H groups in total. The Kier molecular flexibility index (Phi) is 3.04. The molecule has 1 aromatic rings. The van der Waals surface area contributed by atoms with Crippen molar-refractivity contribution in [3.05, 3.63) is 29.8 Å². The van der Waals surface area contributed by atoms with Crippen LogP contribution in [-0.2, 0) is 6.54 Å². The fourth-order valence-electron chi connectivity index (χ4n) is 1.63. The van der Waals surface area contributed by atoms with E-state index in [4.69, 9.17) is 5.73 Å². The number of nitrogens with one attached hydrogen (secondary N) is 1. The highest BCUT2D eigenvalue weighted by Gasteiger charge is 2.19. The van der Waals surface area contributed by atoms with E-state index in [1.807, 2.05) is 18.2 Å². The van der Waals surface area contributed by atoms with E-state index in [1.165, 1.54) is 24.8 Å². The van der Waals surface area contributed by atoms with Gasteiger partial charge in [0.2, 0.25) is 0 Å². The maximum Gasteiger partial charge on any atom is 0.0359 e. The monoisotopic (exact) mass is 190 g/mol. The lowest BCUT2D eigenvalue weighted by molar-refractivity contribution is 0.613. The number of nitrogen functional groups attached to an aromatic ring is 1. The summed E-state index contributed by atoms with van der Waals surface area (Å²) in [6, 6.07) is 8.05. The van der Waals surface area contributed by atoms with Crippen LogP contribution in [0.2, 0.25) is 0 Å². The van der Waals surface area contributed by atoms with Crippen LogP contribution in [-0.4, -0.2) is 6.54 Å². The molecule has 0 heterocycles. The molecular weight excluding hydrogens is 172 g/mol. The molecule has 0 aliphatic heterocycles. The van der Waals surface area contributed by atoms with Crippen LogP contribution in [0.25, 0.3) is 0 Å². The normalized spacial score (nSPS) is 15.7. The van der Waals surface area contributed by atoms with E-state index in [0.717, 1.165) is 24.7 Å². The predicted octanol–water partition coefficient (Wildman–Crippen LogP) is 2.16. The minimum atomic E-state index is 0.895. The van der Waals surface area contributed by atoms with Crippen LogP contribution in [0.5, 0.6) is 0 Å². The van der Waals surface area contributed by atoms with Gasteiger partial charge in [0.25, 0.3) is 0 Å². The quantitative estimate of drug-likeness (QED) is 0.551. The summed E-state index contributed by atoms with van der Waals surface area (Å²) in [6.07, 6.45) is 4.21. The van der Waals surface area contributed by atoms with Crippen molar-refractivity contribution in [1.82, 2.24) is 5.32 Å². The Morgan fingerprint density at radius 3 is 2.79 bits per heavy atom. The molecule has 1 aliphatic carbocycles. The first-order chi connectivity index (χ1) is 6.86. The maximum atomic E-state index is 5.83. The zero-order chi connectivity index (χ0) is 9.80. The molecule has 1 saturated carbocycles. The average molecular weight is 190 g/mol. The Balaban J connectivity index is 1.71. The van der Waals surface area contributed by atoms with Crippen molar-refractivity contribution in [2.45, 2.75) is 25.8 Å². The lowest BCUT2D eigenvalue weighted by Gasteiger charge is -2.06. The van der Waals surface area contributed by atoms with Crippen LogP contribution >= 0.6 is 0 Å². The molecule has 1 aliphatic rings. The SMILES string of the molecule is Nc1ccccc1CNCCC1CC1. The van der Waals surface area contributed by atoms with Crippen molar-refractivity contribution in [2.75, 3.05) is 12.3 Å². The zero-order valence-corrected chi connectivity index (χ0v) is 8.50. The van der Waals surface area contributed by atoms with Gasteiger partial charge < -0.3 is 11.1 Å². The number of hydrogen-bond acceptors (Lipinski definition) is 2. The van der Waals surface area contributed by atoms with Gasteiger partial charge in [-0.15, -0.1) is 0 Å². The summed E-state index contributed by atoms with van der Waals surface area (Å²) in [5, 5.41) is 3.43. The Morgan fingerprint density at radius 2 is 2.07 bits per heavy atom. The molecular formula is C12H18N2. The minimum Gasteiger partial charge on any atom is -0.398 e. The van der Waals surface area contributed by atoms with Gasteiger partial charge in [-0.3, -0.25) is 0 Å². The Hall–Kier alpha value is -1.02. The number of benzene rings is 1. The fraction of sp³-hybridized carbons (Fsp3) is 0.500.